The molecule has 1 aromatic heterocycles. The Kier molecular flexibility index (Phi) is 7.96. The second-order valence-electron chi connectivity index (χ2n) is 7.58. The van der Waals surface area contributed by atoms with Crippen molar-refractivity contribution in [3.05, 3.63) is 93.8 Å². The third-order valence-electron chi connectivity index (χ3n) is 5.02. The van der Waals surface area contributed by atoms with E-state index in [0.29, 0.717) is 11.3 Å². The fraction of sp³-hybridized carbons (Fsp3) is 0. The van der Waals surface area contributed by atoms with Crippen LogP contribution in [0.15, 0.2) is 92.2 Å². The van der Waals surface area contributed by atoms with Gasteiger partial charge in [-0.25, -0.2) is 21.6 Å². The number of hydrogen-bond donors (Lipinski definition) is 3. The summed E-state index contributed by atoms with van der Waals surface area (Å²) >= 11 is 12.8. The van der Waals surface area contributed by atoms with Crippen molar-refractivity contribution in [3.63, 3.8) is 0 Å². The molecular weight excluding hydrogens is 591 g/mol. The third kappa shape index (κ3) is 5.93. The molecule has 0 unspecified atom stereocenters. The molecule has 0 fully saturated rings. The van der Waals surface area contributed by atoms with Gasteiger partial charge in [-0.05, 0) is 48.5 Å². The number of benzene rings is 3. The average Bonchev–Trinajstić information content (AvgIpc) is 3.41. The molecule has 3 N–H and O–H groups in total. The molecule has 0 aliphatic rings. The number of thiophene rings is 1. The lowest BCUT2D eigenvalue weighted by molar-refractivity contribution is 0.262. The van der Waals surface area contributed by atoms with Crippen LogP contribution in [0.2, 0.25) is 10.0 Å². The molecule has 0 bridgehead atoms. The van der Waals surface area contributed by atoms with Gasteiger partial charge in [-0.15, -0.1) is 11.3 Å². The summed E-state index contributed by atoms with van der Waals surface area (Å²) in [6, 6.07) is 18.4. The van der Waals surface area contributed by atoms with E-state index < -0.39 is 25.9 Å². The molecular formula is C24H16Cl2N4O5S3. The lowest BCUT2D eigenvalue weighted by Gasteiger charge is -2.14. The molecule has 9 nitrogen and oxygen atoms in total. The molecule has 0 atom stereocenters. The molecule has 0 saturated heterocycles. The first-order chi connectivity index (χ1) is 18.0. The zero-order chi connectivity index (χ0) is 27.5. The maximum Gasteiger partial charge on any atom is 0.323 e. The fourth-order valence-corrected chi connectivity index (χ4v) is 7.52. The molecule has 0 spiro atoms. The van der Waals surface area contributed by atoms with Crippen LogP contribution in [-0.2, 0) is 19.9 Å². The van der Waals surface area contributed by atoms with Gasteiger partial charge in [0.2, 0.25) is 9.84 Å². The molecule has 4 rings (SSSR count). The van der Waals surface area contributed by atoms with Gasteiger partial charge in [0.05, 0.1) is 48.5 Å². The van der Waals surface area contributed by atoms with Crippen molar-refractivity contribution in [1.82, 2.24) is 0 Å². The van der Waals surface area contributed by atoms with Crippen LogP contribution in [0.5, 0.6) is 0 Å². The van der Waals surface area contributed by atoms with Crippen LogP contribution in [0, 0.1) is 11.3 Å². The predicted octanol–water partition coefficient (Wildman–Crippen LogP) is 6.20. The maximum atomic E-state index is 13.2. The lowest BCUT2D eigenvalue weighted by Crippen LogP contribution is -2.21. The fourth-order valence-electron chi connectivity index (χ4n) is 3.20. The summed E-state index contributed by atoms with van der Waals surface area (Å²) < 4.78 is 54.1. The van der Waals surface area contributed by atoms with Crippen LogP contribution in [0.3, 0.4) is 0 Å². The summed E-state index contributed by atoms with van der Waals surface area (Å²) in [5.41, 5.74) is 0.248. The van der Waals surface area contributed by atoms with Gasteiger partial charge in [0, 0.05) is 5.38 Å². The Morgan fingerprint density at radius 1 is 0.816 bits per heavy atom. The van der Waals surface area contributed by atoms with Gasteiger partial charge in [-0.2, -0.15) is 5.26 Å². The van der Waals surface area contributed by atoms with Crippen molar-refractivity contribution in [2.75, 3.05) is 15.4 Å². The Morgan fingerprint density at radius 2 is 1.53 bits per heavy atom. The highest BCUT2D eigenvalue weighted by Gasteiger charge is 2.25. The first-order valence-corrected chi connectivity index (χ1v) is 15.1. The van der Waals surface area contributed by atoms with Crippen molar-refractivity contribution in [3.8, 4) is 6.07 Å². The Balaban J connectivity index is 1.60. The van der Waals surface area contributed by atoms with Gasteiger partial charge < -0.3 is 10.6 Å². The van der Waals surface area contributed by atoms with Gasteiger partial charge >= 0.3 is 6.03 Å². The predicted molar refractivity (Wildman–Crippen MR) is 147 cm³/mol. The van der Waals surface area contributed by atoms with Crippen LogP contribution >= 0.6 is 34.5 Å². The first-order valence-electron chi connectivity index (χ1n) is 10.5. The Morgan fingerprint density at radius 3 is 2.24 bits per heavy atom. The molecule has 0 aliphatic carbocycles. The van der Waals surface area contributed by atoms with Crippen molar-refractivity contribution in [2.24, 2.45) is 0 Å². The van der Waals surface area contributed by atoms with Gasteiger partial charge in [0.15, 0.2) is 0 Å². The number of sulfonamides is 1. The van der Waals surface area contributed by atoms with Crippen molar-refractivity contribution < 1.29 is 21.6 Å². The molecule has 38 heavy (non-hydrogen) atoms. The van der Waals surface area contributed by atoms with E-state index >= 15 is 0 Å². The van der Waals surface area contributed by atoms with Crippen molar-refractivity contribution in [1.29, 1.82) is 5.26 Å². The van der Waals surface area contributed by atoms with E-state index in [1.54, 1.807) is 30.3 Å². The second kappa shape index (κ2) is 11.0. The van der Waals surface area contributed by atoms with Gasteiger partial charge in [-0.1, -0.05) is 47.5 Å². The van der Waals surface area contributed by atoms with E-state index in [-0.39, 0.29) is 46.7 Å². The zero-order valence-electron chi connectivity index (χ0n) is 19.0. The number of urea groups is 1. The van der Waals surface area contributed by atoms with Crippen LogP contribution in [0.1, 0.15) is 5.56 Å². The smallest absolute Gasteiger partial charge is 0.306 e. The zero-order valence-corrected chi connectivity index (χ0v) is 22.9. The third-order valence-corrected chi connectivity index (χ3v) is 10.5. The number of nitrogens with zero attached hydrogens (tertiary/aromatic N) is 1. The van der Waals surface area contributed by atoms with E-state index in [4.69, 9.17) is 23.2 Å². The summed E-state index contributed by atoms with van der Waals surface area (Å²) in [6.45, 7) is 0. The standard InChI is InChI=1S/C24H16Cl2N4O5S3/c25-18-7-4-8-20(23(18)26)29-24(31)28-19-10-9-15(13-27)11-21(19)30-38(34,35)22-12-17(14-36-22)37(32,33)16-5-2-1-3-6-16/h1-12,14,30H,(H2,28,29,31). The molecule has 0 saturated carbocycles. The Labute approximate surface area is 232 Å². The number of halogens is 2. The molecule has 0 aliphatic heterocycles. The Hall–Kier alpha value is -3.60. The van der Waals surface area contributed by atoms with E-state index in [1.165, 1.54) is 41.8 Å². The largest absolute Gasteiger partial charge is 0.323 e. The maximum absolute atomic E-state index is 13.2. The number of carbonyl (C=O) groups is 1. The molecule has 0 radical (unpaired) electrons. The summed E-state index contributed by atoms with van der Waals surface area (Å²) in [5, 5.41) is 15.9. The quantitative estimate of drug-likeness (QED) is 0.228. The topological polar surface area (TPSA) is 145 Å². The average molecular weight is 608 g/mol. The summed E-state index contributed by atoms with van der Waals surface area (Å²) in [5.74, 6) is 0. The van der Waals surface area contributed by atoms with Gasteiger partial charge in [0.1, 0.15) is 4.21 Å². The highest BCUT2D eigenvalue weighted by Crippen LogP contribution is 2.33. The molecule has 1 heterocycles. The second-order valence-corrected chi connectivity index (χ2v) is 13.1. The first kappa shape index (κ1) is 27.4. The number of nitriles is 1. The lowest BCUT2D eigenvalue weighted by atomic mass is 10.2. The van der Waals surface area contributed by atoms with E-state index in [1.807, 2.05) is 6.07 Å². The van der Waals surface area contributed by atoms with E-state index in [9.17, 15) is 26.9 Å². The highest BCUT2D eigenvalue weighted by molar-refractivity contribution is 7.95. The van der Waals surface area contributed by atoms with Crippen LogP contribution < -0.4 is 15.4 Å². The SMILES string of the molecule is N#Cc1ccc(NC(=O)Nc2cccc(Cl)c2Cl)c(NS(=O)(=O)c2cc(S(=O)(=O)c3ccccc3)cs2)c1. The number of anilines is 3. The minimum absolute atomic E-state index is 0.0220. The van der Waals surface area contributed by atoms with E-state index in [0.717, 1.165) is 6.07 Å². The number of hydrogen-bond acceptors (Lipinski definition) is 7. The van der Waals surface area contributed by atoms with Gasteiger partial charge in [0.25, 0.3) is 10.0 Å². The van der Waals surface area contributed by atoms with Crippen molar-refractivity contribution in [2.45, 2.75) is 14.0 Å². The summed E-state index contributed by atoms with van der Waals surface area (Å²) in [7, 11) is -8.24. The number of nitrogens with one attached hydrogen (secondary N) is 3. The monoisotopic (exact) mass is 606 g/mol. The summed E-state index contributed by atoms with van der Waals surface area (Å²) in [6.07, 6.45) is 0. The molecule has 14 heteroatoms. The van der Waals surface area contributed by atoms with Crippen LogP contribution in [0.4, 0.5) is 21.9 Å². The molecule has 4 aromatic rings. The van der Waals surface area contributed by atoms with Gasteiger partial charge in [-0.3, -0.25) is 4.72 Å². The number of amides is 2. The molecule has 3 aromatic carbocycles. The van der Waals surface area contributed by atoms with E-state index in [2.05, 4.69) is 15.4 Å². The number of carbonyl (C=O) groups excluding carboxylic acids is 1. The van der Waals surface area contributed by atoms with Crippen LogP contribution in [-0.4, -0.2) is 22.9 Å². The van der Waals surface area contributed by atoms with Crippen LogP contribution in [0.25, 0.3) is 0 Å². The minimum Gasteiger partial charge on any atom is -0.306 e. The highest BCUT2D eigenvalue weighted by atomic mass is 35.5. The number of sulfone groups is 1. The van der Waals surface area contributed by atoms with Crippen molar-refractivity contribution >= 4 is 77.5 Å². The number of rotatable bonds is 7. The minimum atomic E-state index is -4.31. The normalized spacial score (nSPS) is 11.4. The molecule has 2 amide bonds. The Bertz CT molecular complexity index is 1790. The summed E-state index contributed by atoms with van der Waals surface area (Å²) in [4.78, 5) is 12.4. The molecule has 194 valence electrons.